The fourth-order valence-electron chi connectivity index (χ4n) is 4.52. The van der Waals surface area contributed by atoms with E-state index in [1.807, 2.05) is 31.1 Å². The second-order valence-electron chi connectivity index (χ2n) is 10.7. The fraction of sp³-hybridized carbons (Fsp3) is 0.462. The Bertz CT molecular complexity index is 1140. The van der Waals surface area contributed by atoms with Crippen molar-refractivity contribution in [2.75, 3.05) is 44.3 Å². The molecule has 0 spiro atoms. The van der Waals surface area contributed by atoms with E-state index in [0.717, 1.165) is 22.9 Å². The molecule has 0 unspecified atom stereocenters. The zero-order valence-electron chi connectivity index (χ0n) is 21.4. The monoisotopic (exact) mass is 497 g/mol. The smallest absolute Gasteiger partial charge is 0.257 e. The molecule has 0 aromatic heterocycles. The molecular weight excluding hydrogens is 462 g/mol. The number of nitrogens with zero attached hydrogens (tertiary/aromatic N) is 3. The predicted molar refractivity (Wildman–Crippen MR) is 139 cm³/mol. The second-order valence-corrected chi connectivity index (χ2v) is 16.3. The number of aromatic hydroxyl groups is 1. The van der Waals surface area contributed by atoms with Crippen molar-refractivity contribution in [1.29, 1.82) is 0 Å². The summed E-state index contributed by atoms with van der Waals surface area (Å²) >= 11 is 0. The Balaban J connectivity index is 1.73. The molecule has 0 saturated heterocycles. The largest absolute Gasteiger partial charge is 0.504 e. The highest BCUT2D eigenvalue weighted by molar-refractivity contribution is 6.76. The number of hydrogen-bond donors (Lipinski definition) is 1. The van der Waals surface area contributed by atoms with Gasteiger partial charge in [-0.1, -0.05) is 25.7 Å². The highest BCUT2D eigenvalue weighted by Crippen LogP contribution is 2.40. The maximum atomic E-state index is 13.9. The van der Waals surface area contributed by atoms with Gasteiger partial charge >= 0.3 is 0 Å². The van der Waals surface area contributed by atoms with E-state index in [4.69, 9.17) is 9.47 Å². The number of carbonyl (C=O) groups is 2. The quantitative estimate of drug-likeness (QED) is 0.464. The molecule has 1 N–H and O–H groups in total. The normalized spacial score (nSPS) is 17.5. The molecule has 2 aromatic rings. The average Bonchev–Trinajstić information content (AvgIpc) is 2.88. The highest BCUT2D eigenvalue weighted by atomic mass is 28.3. The van der Waals surface area contributed by atoms with Crippen LogP contribution in [0.2, 0.25) is 25.7 Å². The minimum atomic E-state index is -1.31. The molecule has 35 heavy (non-hydrogen) atoms. The average molecular weight is 498 g/mol. The molecule has 9 heteroatoms. The van der Waals surface area contributed by atoms with E-state index in [2.05, 4.69) is 25.7 Å². The third-order valence-electron chi connectivity index (χ3n) is 6.68. The number of carbonyl (C=O) groups excluding carboxylic acids is 2. The van der Waals surface area contributed by atoms with Gasteiger partial charge in [0.05, 0.1) is 18.4 Å². The number of amides is 2. The number of rotatable bonds is 7. The van der Waals surface area contributed by atoms with Crippen LogP contribution in [0.4, 0.5) is 11.4 Å². The molecule has 8 nitrogen and oxygen atoms in total. The van der Waals surface area contributed by atoms with Gasteiger partial charge in [-0.3, -0.25) is 14.5 Å². The van der Waals surface area contributed by atoms with E-state index in [0.29, 0.717) is 30.8 Å². The Morgan fingerprint density at radius 2 is 1.86 bits per heavy atom. The SMILES string of the molecule is COc1cc2c(cc1O)N(COCC[Si](C)(C)C)C(=O)[C@@H]1Cc3ccc(N(C)C)cc3CN1C2=O. The summed E-state index contributed by atoms with van der Waals surface area (Å²) < 4.78 is 11.2. The summed E-state index contributed by atoms with van der Waals surface area (Å²) in [4.78, 5) is 32.8. The lowest BCUT2D eigenvalue weighted by Crippen LogP contribution is -2.52. The van der Waals surface area contributed by atoms with Gasteiger partial charge < -0.3 is 24.4 Å². The van der Waals surface area contributed by atoms with Crippen molar-refractivity contribution in [1.82, 2.24) is 4.90 Å². The van der Waals surface area contributed by atoms with Gasteiger partial charge in [0.15, 0.2) is 11.5 Å². The van der Waals surface area contributed by atoms with Crippen molar-refractivity contribution in [2.45, 2.75) is 44.7 Å². The summed E-state index contributed by atoms with van der Waals surface area (Å²) in [5.74, 6) is -0.410. The van der Waals surface area contributed by atoms with Crippen LogP contribution in [0, 0.1) is 0 Å². The van der Waals surface area contributed by atoms with Gasteiger partial charge in [-0.25, -0.2) is 0 Å². The zero-order valence-corrected chi connectivity index (χ0v) is 22.4. The fourth-order valence-corrected chi connectivity index (χ4v) is 5.28. The minimum absolute atomic E-state index is 0.0200. The van der Waals surface area contributed by atoms with Gasteiger partial charge in [-0.05, 0) is 35.4 Å². The van der Waals surface area contributed by atoms with Gasteiger partial charge in [-0.15, -0.1) is 0 Å². The summed E-state index contributed by atoms with van der Waals surface area (Å²) in [6.45, 7) is 7.70. The van der Waals surface area contributed by atoms with Crippen LogP contribution in [0.15, 0.2) is 30.3 Å². The summed E-state index contributed by atoms with van der Waals surface area (Å²) in [7, 11) is 4.08. The summed E-state index contributed by atoms with van der Waals surface area (Å²) in [5, 5.41) is 10.5. The lowest BCUT2D eigenvalue weighted by Gasteiger charge is -2.36. The first-order valence-electron chi connectivity index (χ1n) is 11.9. The van der Waals surface area contributed by atoms with E-state index >= 15 is 0 Å². The van der Waals surface area contributed by atoms with E-state index in [1.54, 1.807) is 4.90 Å². The number of ether oxygens (including phenoxy) is 2. The molecule has 0 saturated carbocycles. The van der Waals surface area contributed by atoms with E-state index in [9.17, 15) is 14.7 Å². The van der Waals surface area contributed by atoms with E-state index in [1.165, 1.54) is 24.1 Å². The molecular formula is C26H35N3O5Si. The molecule has 0 aliphatic carbocycles. The minimum Gasteiger partial charge on any atom is -0.504 e. The number of fused-ring (bicyclic) bond motifs is 3. The molecule has 2 aromatic carbocycles. The highest BCUT2D eigenvalue weighted by Gasteiger charge is 2.43. The summed E-state index contributed by atoms with van der Waals surface area (Å²) in [5.41, 5.74) is 3.79. The van der Waals surface area contributed by atoms with Gasteiger partial charge in [0.2, 0.25) is 0 Å². The van der Waals surface area contributed by atoms with Crippen molar-refractivity contribution >= 4 is 31.3 Å². The molecule has 2 aliphatic rings. The number of anilines is 2. The lowest BCUT2D eigenvalue weighted by molar-refractivity contribution is -0.124. The zero-order chi connectivity index (χ0) is 25.5. The van der Waals surface area contributed by atoms with Crippen LogP contribution in [0.5, 0.6) is 11.5 Å². The molecule has 0 fully saturated rings. The molecule has 4 rings (SSSR count). The number of phenols is 1. The Morgan fingerprint density at radius 1 is 1.11 bits per heavy atom. The third-order valence-corrected chi connectivity index (χ3v) is 8.39. The van der Waals surface area contributed by atoms with Gasteiger partial charge in [0, 0.05) is 53.5 Å². The van der Waals surface area contributed by atoms with Crippen molar-refractivity contribution in [2.24, 2.45) is 0 Å². The van der Waals surface area contributed by atoms with Crippen LogP contribution in [0.25, 0.3) is 0 Å². The van der Waals surface area contributed by atoms with Crippen LogP contribution >= 0.6 is 0 Å². The Morgan fingerprint density at radius 3 is 2.51 bits per heavy atom. The molecule has 2 heterocycles. The number of hydrogen-bond acceptors (Lipinski definition) is 6. The summed E-state index contributed by atoms with van der Waals surface area (Å²) in [6.07, 6.45) is 0.427. The van der Waals surface area contributed by atoms with Crippen LogP contribution in [-0.4, -0.2) is 70.5 Å². The standard InChI is InChI=1S/C26H35N3O5Si/c1-27(2)19-8-7-17-12-22-26(32)29(16-34-9-10-35(4,5)6)21-14-23(30)24(33-3)13-20(21)25(31)28(22)15-18(17)11-19/h7-8,11,13-14,22,30H,9-10,12,15-16H2,1-6H3/t22-/m0/s1. The third kappa shape index (κ3) is 5.01. The van der Waals surface area contributed by atoms with Gasteiger partial charge in [0.1, 0.15) is 12.8 Å². The number of benzene rings is 2. The molecule has 188 valence electrons. The molecule has 0 bridgehead atoms. The lowest BCUT2D eigenvalue weighted by atomic mass is 9.92. The van der Waals surface area contributed by atoms with Crippen LogP contribution in [0.3, 0.4) is 0 Å². The Labute approximate surface area is 208 Å². The van der Waals surface area contributed by atoms with E-state index < -0.39 is 14.1 Å². The maximum absolute atomic E-state index is 13.9. The maximum Gasteiger partial charge on any atom is 0.257 e. The summed E-state index contributed by atoms with van der Waals surface area (Å²) in [6, 6.07) is 9.41. The van der Waals surface area contributed by atoms with Crippen LogP contribution < -0.4 is 14.5 Å². The first-order valence-corrected chi connectivity index (χ1v) is 15.6. The van der Waals surface area contributed by atoms with Crippen molar-refractivity contribution in [3.05, 3.63) is 47.0 Å². The second kappa shape index (κ2) is 9.54. The topological polar surface area (TPSA) is 82.6 Å². The molecule has 1 atom stereocenters. The molecule has 2 amide bonds. The first-order chi connectivity index (χ1) is 16.5. The Kier molecular flexibility index (Phi) is 6.83. The van der Waals surface area contributed by atoms with E-state index in [-0.39, 0.29) is 30.0 Å². The number of phenolic OH excluding ortho intramolecular Hbond substituents is 1. The first kappa shape index (κ1) is 25.1. The van der Waals surface area contributed by atoms with Crippen molar-refractivity contribution in [3.8, 4) is 11.5 Å². The van der Waals surface area contributed by atoms with Crippen molar-refractivity contribution in [3.63, 3.8) is 0 Å². The number of methoxy groups -OCH3 is 1. The Hall–Kier alpha value is -3.04. The molecule has 0 radical (unpaired) electrons. The van der Waals surface area contributed by atoms with Gasteiger partial charge in [-0.2, -0.15) is 0 Å². The predicted octanol–water partition coefficient (Wildman–Crippen LogP) is 3.69. The van der Waals surface area contributed by atoms with Crippen LogP contribution in [-0.2, 0) is 22.5 Å². The van der Waals surface area contributed by atoms with Gasteiger partial charge in [0.25, 0.3) is 11.8 Å². The van der Waals surface area contributed by atoms with Crippen LogP contribution in [0.1, 0.15) is 21.5 Å². The molecule has 2 aliphatic heterocycles. The van der Waals surface area contributed by atoms with Crippen molar-refractivity contribution < 1.29 is 24.2 Å².